The molecule has 0 amide bonds. The van der Waals surface area contributed by atoms with E-state index in [1.165, 1.54) is 44.2 Å². The molecule has 1 aliphatic rings. The molecule has 0 N–H and O–H groups in total. The first-order valence-electron chi connectivity index (χ1n) is 11.2. The zero-order valence-corrected chi connectivity index (χ0v) is 26.3. The van der Waals surface area contributed by atoms with Crippen LogP contribution in [0.2, 0.25) is 13.1 Å². The van der Waals surface area contributed by atoms with Crippen LogP contribution in [0.1, 0.15) is 53.0 Å². The molecule has 1 atom stereocenters. The van der Waals surface area contributed by atoms with Crippen LogP contribution in [0.4, 0.5) is 0 Å². The summed E-state index contributed by atoms with van der Waals surface area (Å²) in [5.74, 6) is 1.11. The van der Waals surface area contributed by atoms with Gasteiger partial charge in [-0.25, -0.2) is 5.57 Å². The molecular weight excluding hydrogens is 539 g/mol. The molecule has 3 aromatic carbocycles. The SMILES string of the molecule is CC(C)c1[cH-]c2ccccc2c1-c1ccccc1.CC1=[C-]C(C)C(C)=C1C.C[Si](C)=[Zr+2].Cl.Cl. The van der Waals surface area contributed by atoms with E-state index in [1.807, 2.05) is 0 Å². The van der Waals surface area contributed by atoms with Crippen molar-refractivity contribution < 1.29 is 23.3 Å². The molecule has 3 aromatic rings. The third-order valence-electron chi connectivity index (χ3n) is 5.75. The standard InChI is InChI=1S/C18H17.C9H13.C2H6Si.2ClH.Zr/c1-13(2)17-12-15-10-6-7-11-16(15)18(17)14-8-4-3-5-9-14;1-6-5-7(2)9(4)8(6)3;1-3-2;;;/h3-13H,1-2H3;6H,1-4H3;1-2H3;2*1H;/q2*-1;;;;+2. The molecule has 0 radical (unpaired) electrons. The van der Waals surface area contributed by atoms with Gasteiger partial charge in [-0.15, -0.1) is 77.9 Å². The van der Waals surface area contributed by atoms with Crippen LogP contribution in [0.3, 0.4) is 0 Å². The minimum atomic E-state index is 0. The van der Waals surface area contributed by atoms with Gasteiger partial charge in [0.2, 0.25) is 0 Å². The first kappa shape index (κ1) is 32.2. The Balaban J connectivity index is 0.000000580. The van der Waals surface area contributed by atoms with Crippen molar-refractivity contribution >= 4 is 41.0 Å². The molecule has 0 spiro atoms. The van der Waals surface area contributed by atoms with Crippen LogP contribution >= 0.6 is 24.8 Å². The van der Waals surface area contributed by atoms with Gasteiger partial charge in [-0.1, -0.05) is 82.5 Å². The Morgan fingerprint density at radius 1 is 0.909 bits per heavy atom. The number of rotatable bonds is 2. The van der Waals surface area contributed by atoms with Crippen molar-refractivity contribution in [3.8, 4) is 11.1 Å². The Kier molecular flexibility index (Phi) is 14.9. The molecule has 0 fully saturated rings. The zero-order valence-electron chi connectivity index (χ0n) is 21.2. The van der Waals surface area contributed by atoms with Crippen molar-refractivity contribution in [2.45, 2.75) is 60.6 Å². The van der Waals surface area contributed by atoms with E-state index in [9.17, 15) is 0 Å². The van der Waals surface area contributed by atoms with E-state index in [-0.39, 0.29) is 30.2 Å². The van der Waals surface area contributed by atoms with Gasteiger partial charge >= 0.3 is 41.9 Å². The average Bonchev–Trinajstić information content (AvgIpc) is 3.22. The molecule has 0 aliphatic heterocycles. The molecule has 1 aliphatic carbocycles. The molecule has 0 saturated carbocycles. The molecule has 1 unspecified atom stereocenters. The average molecular weight is 577 g/mol. The number of hydrogen-bond acceptors (Lipinski definition) is 0. The van der Waals surface area contributed by atoms with Crippen molar-refractivity contribution in [3.63, 3.8) is 0 Å². The molecule has 176 valence electrons. The second-order valence-corrected chi connectivity index (χ2v) is 18.3. The minimum Gasteiger partial charge on any atom is -0.147 e. The van der Waals surface area contributed by atoms with Crippen LogP contribution < -0.4 is 0 Å². The summed E-state index contributed by atoms with van der Waals surface area (Å²) in [6.07, 6.45) is 3.36. The summed E-state index contributed by atoms with van der Waals surface area (Å²) in [6.45, 7) is 17.8. The number of fused-ring (bicyclic) bond motifs is 1. The van der Waals surface area contributed by atoms with Crippen LogP contribution in [0.15, 0.2) is 77.4 Å². The summed E-state index contributed by atoms with van der Waals surface area (Å²) >= 11 is 1.74. The molecule has 4 rings (SSSR count). The fourth-order valence-corrected chi connectivity index (χ4v) is 3.79. The third kappa shape index (κ3) is 9.06. The number of benzene rings is 2. The summed E-state index contributed by atoms with van der Waals surface area (Å²) in [6, 6.07) is 21.7. The van der Waals surface area contributed by atoms with Gasteiger partial charge in [0.05, 0.1) is 0 Å². The van der Waals surface area contributed by atoms with Crippen molar-refractivity contribution in [2.24, 2.45) is 5.92 Å². The molecule has 0 aromatic heterocycles. The summed E-state index contributed by atoms with van der Waals surface area (Å²) in [7, 11) is 0. The van der Waals surface area contributed by atoms with Gasteiger partial charge < -0.3 is 0 Å². The fourth-order valence-electron chi connectivity index (χ4n) is 3.79. The maximum atomic E-state index is 3.36. The van der Waals surface area contributed by atoms with Crippen LogP contribution in [-0.2, 0) is 23.3 Å². The molecule has 0 bridgehead atoms. The van der Waals surface area contributed by atoms with E-state index in [1.54, 1.807) is 23.3 Å². The molecule has 0 heterocycles. The fraction of sp³-hybridized carbons (Fsp3) is 0.345. The summed E-state index contributed by atoms with van der Waals surface area (Å²) in [5, 5.41) is 2.72. The van der Waals surface area contributed by atoms with Gasteiger partial charge in [-0.05, 0) is 5.92 Å². The Morgan fingerprint density at radius 3 is 1.85 bits per heavy atom. The topological polar surface area (TPSA) is 0 Å². The van der Waals surface area contributed by atoms with Gasteiger partial charge in [0.15, 0.2) is 0 Å². The van der Waals surface area contributed by atoms with Crippen LogP contribution in [0.25, 0.3) is 21.9 Å². The number of allylic oxidation sites excluding steroid dienone is 4. The maximum Gasteiger partial charge on any atom is -0.147 e. The normalized spacial score (nSPS) is 14.4. The Bertz CT molecular complexity index is 1090. The first-order valence-corrected chi connectivity index (χ1v) is 17.4. The van der Waals surface area contributed by atoms with Crippen LogP contribution in [0.5, 0.6) is 0 Å². The van der Waals surface area contributed by atoms with Gasteiger partial charge in [0, 0.05) is 0 Å². The van der Waals surface area contributed by atoms with E-state index in [0.29, 0.717) is 11.8 Å². The van der Waals surface area contributed by atoms with Crippen molar-refractivity contribution in [3.05, 3.63) is 89.0 Å². The molecule has 4 heteroatoms. The quantitative estimate of drug-likeness (QED) is 0.210. The number of hydrogen-bond donors (Lipinski definition) is 0. The van der Waals surface area contributed by atoms with Crippen molar-refractivity contribution in [1.82, 2.24) is 0 Å². The summed E-state index contributed by atoms with van der Waals surface area (Å²) < 4.78 is 0. The van der Waals surface area contributed by atoms with Gasteiger partial charge in [0.25, 0.3) is 0 Å². The second-order valence-electron chi connectivity index (χ2n) is 8.88. The predicted octanol–water partition coefficient (Wildman–Crippen LogP) is 9.70. The van der Waals surface area contributed by atoms with Gasteiger partial charge in [0.1, 0.15) is 0 Å². The van der Waals surface area contributed by atoms with Gasteiger partial charge in [-0.2, -0.15) is 11.1 Å². The van der Waals surface area contributed by atoms with E-state index < -0.39 is 0 Å². The molecule has 33 heavy (non-hydrogen) atoms. The Hall–Kier alpha value is -0.790. The minimum absolute atomic E-state index is 0. The third-order valence-corrected chi connectivity index (χ3v) is 5.75. The largest absolute Gasteiger partial charge is 0.147 e. The monoisotopic (exact) mass is 574 g/mol. The van der Waals surface area contributed by atoms with E-state index in [2.05, 4.69) is 121 Å². The second kappa shape index (κ2) is 15.3. The van der Waals surface area contributed by atoms with E-state index >= 15 is 0 Å². The Morgan fingerprint density at radius 2 is 1.42 bits per heavy atom. The van der Waals surface area contributed by atoms with Crippen LogP contribution in [0, 0.1) is 12.0 Å². The van der Waals surface area contributed by atoms with E-state index in [0.717, 1.165) is 0 Å². The van der Waals surface area contributed by atoms with E-state index in [4.69, 9.17) is 0 Å². The smallest absolute Gasteiger partial charge is 0.147 e. The van der Waals surface area contributed by atoms with Crippen molar-refractivity contribution in [2.75, 3.05) is 0 Å². The molecule has 0 nitrogen and oxygen atoms in total. The predicted molar refractivity (Wildman–Crippen MR) is 151 cm³/mol. The van der Waals surface area contributed by atoms with Crippen molar-refractivity contribution in [1.29, 1.82) is 0 Å². The summed E-state index contributed by atoms with van der Waals surface area (Å²) in [5.41, 5.74) is 8.63. The first-order chi connectivity index (χ1) is 14.6. The Labute approximate surface area is 229 Å². The molecule has 0 saturated heterocycles. The van der Waals surface area contributed by atoms with Gasteiger partial charge in [-0.3, -0.25) is 6.08 Å². The van der Waals surface area contributed by atoms with Crippen LogP contribution in [-0.4, -0.2) is 5.43 Å². The summed E-state index contributed by atoms with van der Waals surface area (Å²) in [4.78, 5) is 0. The maximum absolute atomic E-state index is 3.36. The number of halogens is 2. The molecular formula is C29H38Cl2SiZr. The zero-order chi connectivity index (χ0) is 23.1.